The van der Waals surface area contributed by atoms with Gasteiger partial charge in [-0.3, -0.25) is 4.90 Å². The van der Waals surface area contributed by atoms with Gasteiger partial charge in [-0.1, -0.05) is 11.6 Å². The smallest absolute Gasteiger partial charge is 0.158 e. The molecule has 0 amide bonds. The molecule has 1 saturated heterocycles. The zero-order valence-electron chi connectivity index (χ0n) is 13.0. The third-order valence-corrected chi connectivity index (χ3v) is 4.82. The van der Waals surface area contributed by atoms with Crippen molar-refractivity contribution in [3.05, 3.63) is 23.3 Å². The van der Waals surface area contributed by atoms with Gasteiger partial charge >= 0.3 is 0 Å². The molecule has 0 radical (unpaired) electrons. The van der Waals surface area contributed by atoms with E-state index in [1.165, 1.54) is 45.1 Å². The summed E-state index contributed by atoms with van der Waals surface area (Å²) in [6.07, 6.45) is 10.1. The van der Waals surface area contributed by atoms with Crippen molar-refractivity contribution in [1.82, 2.24) is 19.7 Å². The van der Waals surface area contributed by atoms with E-state index in [0.29, 0.717) is 11.7 Å². The van der Waals surface area contributed by atoms with E-state index in [-0.39, 0.29) is 6.61 Å². The molecular formula is C16H26N4O. The van der Waals surface area contributed by atoms with Gasteiger partial charge in [0.25, 0.3) is 0 Å². The molecule has 5 heteroatoms. The maximum absolute atomic E-state index is 9.26. The molecule has 0 saturated carbocycles. The van der Waals surface area contributed by atoms with Crippen molar-refractivity contribution in [2.24, 2.45) is 7.05 Å². The normalized spacial score (nSPS) is 24.1. The van der Waals surface area contributed by atoms with E-state index in [0.717, 1.165) is 18.9 Å². The molecule has 0 bridgehead atoms. The van der Waals surface area contributed by atoms with Crippen LogP contribution in [0.4, 0.5) is 0 Å². The van der Waals surface area contributed by atoms with E-state index in [1.54, 1.807) is 5.57 Å². The maximum Gasteiger partial charge on any atom is 0.158 e. The Hall–Kier alpha value is -1.20. The molecule has 2 aliphatic rings. The third kappa shape index (κ3) is 3.35. The first-order valence-corrected chi connectivity index (χ1v) is 8.17. The fourth-order valence-corrected chi connectivity index (χ4v) is 3.61. The fraction of sp³-hybridized carbons (Fsp3) is 0.750. The number of aliphatic hydroxyl groups excluding tert-OH is 1. The number of piperidine rings is 1. The summed E-state index contributed by atoms with van der Waals surface area (Å²) in [5.41, 5.74) is 1.62. The second kappa shape index (κ2) is 6.71. The molecule has 1 aliphatic heterocycles. The first-order chi connectivity index (χ1) is 10.3. The van der Waals surface area contributed by atoms with Crippen molar-refractivity contribution in [2.45, 2.75) is 51.0 Å². The lowest BCUT2D eigenvalue weighted by Crippen LogP contribution is -2.36. The predicted molar refractivity (Wildman–Crippen MR) is 81.9 cm³/mol. The summed E-state index contributed by atoms with van der Waals surface area (Å²) in [6.45, 7) is 3.35. The molecule has 0 spiro atoms. The highest BCUT2D eigenvalue weighted by Gasteiger charge is 2.26. The van der Waals surface area contributed by atoms with Gasteiger partial charge < -0.3 is 9.67 Å². The Balaban J connectivity index is 1.65. The molecule has 1 atom stereocenters. The van der Waals surface area contributed by atoms with Gasteiger partial charge in [-0.25, -0.2) is 0 Å². The van der Waals surface area contributed by atoms with Crippen molar-refractivity contribution in [1.29, 1.82) is 0 Å². The van der Waals surface area contributed by atoms with Gasteiger partial charge in [-0.15, -0.1) is 10.2 Å². The molecule has 1 aromatic rings. The van der Waals surface area contributed by atoms with Crippen LogP contribution >= 0.6 is 0 Å². The van der Waals surface area contributed by atoms with Crippen molar-refractivity contribution in [2.75, 3.05) is 19.6 Å². The highest BCUT2D eigenvalue weighted by molar-refractivity contribution is 5.09. The summed E-state index contributed by atoms with van der Waals surface area (Å²) < 4.78 is 1.97. The zero-order chi connectivity index (χ0) is 14.7. The molecule has 3 rings (SSSR count). The highest BCUT2D eigenvalue weighted by atomic mass is 16.3. The minimum Gasteiger partial charge on any atom is -0.388 e. The van der Waals surface area contributed by atoms with Crippen molar-refractivity contribution in [3.8, 4) is 0 Å². The van der Waals surface area contributed by atoms with Gasteiger partial charge in [-0.2, -0.15) is 0 Å². The molecule has 21 heavy (non-hydrogen) atoms. The van der Waals surface area contributed by atoms with Gasteiger partial charge in [0.1, 0.15) is 12.4 Å². The fourth-order valence-electron chi connectivity index (χ4n) is 3.61. The van der Waals surface area contributed by atoms with E-state index in [1.807, 2.05) is 11.6 Å². The summed E-state index contributed by atoms with van der Waals surface area (Å²) in [4.78, 5) is 2.57. The summed E-state index contributed by atoms with van der Waals surface area (Å²) in [5.74, 6) is 2.14. The quantitative estimate of drug-likeness (QED) is 0.862. The van der Waals surface area contributed by atoms with Crippen LogP contribution in [-0.4, -0.2) is 44.4 Å². The Morgan fingerprint density at radius 1 is 1.29 bits per heavy atom. The lowest BCUT2D eigenvalue weighted by atomic mass is 9.94. The summed E-state index contributed by atoms with van der Waals surface area (Å²) >= 11 is 0. The monoisotopic (exact) mass is 290 g/mol. The number of hydrogen-bond acceptors (Lipinski definition) is 4. The lowest BCUT2D eigenvalue weighted by molar-refractivity contribution is 0.214. The van der Waals surface area contributed by atoms with Crippen LogP contribution in [0.25, 0.3) is 0 Å². The van der Waals surface area contributed by atoms with E-state index in [4.69, 9.17) is 0 Å². The van der Waals surface area contributed by atoms with E-state index < -0.39 is 0 Å². The highest BCUT2D eigenvalue weighted by Crippen LogP contribution is 2.27. The van der Waals surface area contributed by atoms with Gasteiger partial charge in [0.05, 0.1) is 0 Å². The number of aromatic nitrogens is 3. The van der Waals surface area contributed by atoms with E-state index in [9.17, 15) is 5.11 Å². The van der Waals surface area contributed by atoms with Gasteiger partial charge in [0.15, 0.2) is 5.82 Å². The van der Waals surface area contributed by atoms with Crippen LogP contribution < -0.4 is 0 Å². The Labute approximate surface area is 126 Å². The van der Waals surface area contributed by atoms with Crippen LogP contribution in [0.1, 0.15) is 56.1 Å². The molecular weight excluding hydrogens is 264 g/mol. The Morgan fingerprint density at radius 2 is 2.19 bits per heavy atom. The second-order valence-electron chi connectivity index (χ2n) is 6.37. The van der Waals surface area contributed by atoms with Crippen molar-refractivity contribution >= 4 is 0 Å². The minimum atomic E-state index is -0.0349. The SMILES string of the molecule is Cn1c(CO)nnc1[C@@H]1CCCN(CC2=CCCCC2)C1. The molecule has 2 heterocycles. The molecule has 116 valence electrons. The lowest BCUT2D eigenvalue weighted by Gasteiger charge is -2.33. The summed E-state index contributed by atoms with van der Waals surface area (Å²) in [6, 6.07) is 0. The van der Waals surface area contributed by atoms with Crippen molar-refractivity contribution in [3.63, 3.8) is 0 Å². The van der Waals surface area contributed by atoms with Crippen LogP contribution in [0.3, 0.4) is 0 Å². The molecule has 0 unspecified atom stereocenters. The van der Waals surface area contributed by atoms with Crippen LogP contribution in [0.15, 0.2) is 11.6 Å². The predicted octanol–water partition coefficient (Wildman–Crippen LogP) is 1.99. The van der Waals surface area contributed by atoms with Gasteiger partial charge in [0.2, 0.25) is 0 Å². The largest absolute Gasteiger partial charge is 0.388 e. The molecule has 1 N–H and O–H groups in total. The number of hydrogen-bond donors (Lipinski definition) is 1. The molecule has 1 fully saturated rings. The minimum absolute atomic E-state index is 0.0349. The number of allylic oxidation sites excluding steroid dienone is 1. The summed E-state index contributed by atoms with van der Waals surface area (Å²) in [7, 11) is 1.96. The number of rotatable bonds is 4. The van der Waals surface area contributed by atoms with Crippen LogP contribution in [0.2, 0.25) is 0 Å². The molecule has 1 aliphatic carbocycles. The standard InChI is InChI=1S/C16H26N4O/c1-19-15(12-21)17-18-16(19)14-8-5-9-20(11-14)10-13-6-3-2-4-7-13/h6,14,21H,2-5,7-12H2,1H3/t14-/m1/s1. The summed E-state index contributed by atoms with van der Waals surface area (Å²) in [5, 5.41) is 17.6. The van der Waals surface area contributed by atoms with Gasteiger partial charge in [0, 0.05) is 26.1 Å². The molecule has 1 aromatic heterocycles. The maximum atomic E-state index is 9.26. The Kier molecular flexibility index (Phi) is 4.70. The average Bonchev–Trinajstić information content (AvgIpc) is 2.89. The number of nitrogens with zero attached hydrogens (tertiary/aromatic N) is 4. The van der Waals surface area contributed by atoms with E-state index in [2.05, 4.69) is 21.2 Å². The first-order valence-electron chi connectivity index (χ1n) is 8.17. The number of likely N-dealkylation sites (tertiary alicyclic amines) is 1. The second-order valence-corrected chi connectivity index (χ2v) is 6.37. The zero-order valence-corrected chi connectivity index (χ0v) is 13.0. The van der Waals surface area contributed by atoms with Crippen LogP contribution in [-0.2, 0) is 13.7 Å². The molecule has 0 aromatic carbocycles. The van der Waals surface area contributed by atoms with Crippen molar-refractivity contribution < 1.29 is 5.11 Å². The topological polar surface area (TPSA) is 54.2 Å². The van der Waals surface area contributed by atoms with Crippen LogP contribution in [0.5, 0.6) is 0 Å². The van der Waals surface area contributed by atoms with Crippen LogP contribution in [0, 0.1) is 0 Å². The third-order valence-electron chi connectivity index (χ3n) is 4.82. The number of aliphatic hydroxyl groups is 1. The Bertz CT molecular complexity index is 508. The van der Waals surface area contributed by atoms with E-state index >= 15 is 0 Å². The average molecular weight is 290 g/mol. The van der Waals surface area contributed by atoms with Gasteiger partial charge in [-0.05, 0) is 45.1 Å². The first kappa shape index (κ1) is 14.7. The molecule has 5 nitrogen and oxygen atoms in total. The Morgan fingerprint density at radius 3 is 2.90 bits per heavy atom.